The second kappa shape index (κ2) is 7.17. The molecule has 2 fully saturated rings. The minimum atomic E-state index is 0. The van der Waals surface area contributed by atoms with Gasteiger partial charge in [0, 0.05) is 6.61 Å². The molecule has 0 N–H and O–H groups in total. The standard InChI is InChI=1S/C12H21N5O.ClH/c1-2-6-16(7-3-1)10-12-13-14-15-17(12)9-11-5-4-8-18-11;/h11H,1-10H2;1H/p-1. The summed E-state index contributed by atoms with van der Waals surface area (Å²) >= 11 is 0. The molecule has 108 valence electrons. The highest BCUT2D eigenvalue weighted by Crippen LogP contribution is 2.15. The van der Waals surface area contributed by atoms with E-state index in [1.54, 1.807) is 0 Å². The summed E-state index contributed by atoms with van der Waals surface area (Å²) in [6, 6.07) is 0. The predicted molar refractivity (Wildman–Crippen MR) is 65.9 cm³/mol. The lowest BCUT2D eigenvalue weighted by atomic mass is 10.1. The first-order valence-electron chi connectivity index (χ1n) is 7.01. The van der Waals surface area contributed by atoms with E-state index in [2.05, 4.69) is 20.4 Å². The average molecular weight is 287 g/mol. The maximum absolute atomic E-state index is 5.64. The van der Waals surface area contributed by atoms with Crippen molar-refractivity contribution in [2.24, 2.45) is 0 Å². The summed E-state index contributed by atoms with van der Waals surface area (Å²) in [5, 5.41) is 12.1. The van der Waals surface area contributed by atoms with Gasteiger partial charge in [0.1, 0.15) is 0 Å². The number of tetrazole rings is 1. The van der Waals surface area contributed by atoms with Crippen molar-refractivity contribution in [2.75, 3.05) is 19.7 Å². The van der Waals surface area contributed by atoms with Crippen LogP contribution in [-0.4, -0.2) is 50.9 Å². The molecule has 1 unspecified atom stereocenters. The monoisotopic (exact) mass is 286 g/mol. The van der Waals surface area contributed by atoms with Gasteiger partial charge in [-0.1, -0.05) is 6.42 Å². The molecule has 1 aromatic rings. The first kappa shape index (κ1) is 14.7. The number of halogens is 1. The zero-order valence-electron chi connectivity index (χ0n) is 11.2. The lowest BCUT2D eigenvalue weighted by molar-refractivity contribution is -0.00000558. The Balaban J connectivity index is 0.00000133. The van der Waals surface area contributed by atoms with Crippen LogP contribution in [0, 0.1) is 0 Å². The smallest absolute Gasteiger partial charge is 0.165 e. The van der Waals surface area contributed by atoms with Crippen molar-refractivity contribution in [3.05, 3.63) is 5.82 Å². The van der Waals surface area contributed by atoms with E-state index in [9.17, 15) is 0 Å². The summed E-state index contributed by atoms with van der Waals surface area (Å²) in [6.45, 7) is 4.91. The van der Waals surface area contributed by atoms with Gasteiger partial charge in [-0.2, -0.15) is 0 Å². The number of rotatable bonds is 4. The maximum atomic E-state index is 5.64. The zero-order chi connectivity index (χ0) is 12.2. The maximum Gasteiger partial charge on any atom is 0.165 e. The molecular weight excluding hydrogens is 266 g/mol. The zero-order valence-corrected chi connectivity index (χ0v) is 11.9. The van der Waals surface area contributed by atoms with Crippen LogP contribution in [0.4, 0.5) is 0 Å². The van der Waals surface area contributed by atoms with Crippen LogP contribution >= 0.6 is 0 Å². The summed E-state index contributed by atoms with van der Waals surface area (Å²) < 4.78 is 7.56. The van der Waals surface area contributed by atoms with Crippen molar-refractivity contribution in [1.29, 1.82) is 0 Å². The molecule has 19 heavy (non-hydrogen) atoms. The fourth-order valence-corrected chi connectivity index (χ4v) is 2.78. The highest BCUT2D eigenvalue weighted by Gasteiger charge is 2.20. The molecule has 0 bridgehead atoms. The van der Waals surface area contributed by atoms with E-state index in [-0.39, 0.29) is 12.4 Å². The van der Waals surface area contributed by atoms with Crippen LogP contribution < -0.4 is 12.4 Å². The van der Waals surface area contributed by atoms with E-state index in [4.69, 9.17) is 4.74 Å². The Labute approximate surface area is 119 Å². The Kier molecular flexibility index (Phi) is 5.54. The summed E-state index contributed by atoms with van der Waals surface area (Å²) in [7, 11) is 0. The van der Waals surface area contributed by atoms with Gasteiger partial charge in [0.25, 0.3) is 0 Å². The van der Waals surface area contributed by atoms with Crippen LogP contribution in [0.1, 0.15) is 37.9 Å². The van der Waals surface area contributed by atoms with E-state index >= 15 is 0 Å². The van der Waals surface area contributed by atoms with Gasteiger partial charge in [-0.3, -0.25) is 4.90 Å². The molecule has 3 heterocycles. The van der Waals surface area contributed by atoms with Gasteiger partial charge >= 0.3 is 0 Å². The second-order valence-corrected chi connectivity index (χ2v) is 5.25. The van der Waals surface area contributed by atoms with Gasteiger partial charge in [-0.05, 0) is 49.2 Å². The molecule has 6 nitrogen and oxygen atoms in total. The van der Waals surface area contributed by atoms with Crippen LogP contribution in [0.2, 0.25) is 0 Å². The third kappa shape index (κ3) is 3.87. The van der Waals surface area contributed by atoms with Crippen LogP contribution in [0.25, 0.3) is 0 Å². The Hall–Kier alpha value is -0.720. The second-order valence-electron chi connectivity index (χ2n) is 5.25. The molecule has 0 aliphatic carbocycles. The SMILES string of the molecule is C1CCN(Cc2nnnn2CC2CCCO2)CC1.[Cl-]. The first-order valence-corrected chi connectivity index (χ1v) is 7.01. The van der Waals surface area contributed by atoms with Crippen molar-refractivity contribution in [1.82, 2.24) is 25.1 Å². The fraction of sp³-hybridized carbons (Fsp3) is 0.917. The van der Waals surface area contributed by atoms with Crippen molar-refractivity contribution in [3.8, 4) is 0 Å². The topological polar surface area (TPSA) is 56.1 Å². The lowest BCUT2D eigenvalue weighted by Gasteiger charge is -2.25. The number of piperidine rings is 1. The van der Waals surface area contributed by atoms with E-state index in [1.165, 1.54) is 32.4 Å². The van der Waals surface area contributed by atoms with Gasteiger partial charge in [-0.25, -0.2) is 4.68 Å². The van der Waals surface area contributed by atoms with Gasteiger partial charge in [0.2, 0.25) is 0 Å². The normalized spacial score (nSPS) is 24.3. The van der Waals surface area contributed by atoms with Gasteiger partial charge < -0.3 is 17.1 Å². The molecule has 3 rings (SSSR count). The van der Waals surface area contributed by atoms with E-state index < -0.39 is 0 Å². The van der Waals surface area contributed by atoms with Crippen molar-refractivity contribution in [2.45, 2.75) is 51.3 Å². The van der Waals surface area contributed by atoms with Gasteiger partial charge in [0.05, 0.1) is 19.2 Å². The Morgan fingerprint density at radius 3 is 2.74 bits per heavy atom. The van der Waals surface area contributed by atoms with E-state index in [0.717, 1.165) is 38.4 Å². The molecule has 1 aromatic heterocycles. The highest BCUT2D eigenvalue weighted by molar-refractivity contribution is 4.83. The molecule has 7 heteroatoms. The van der Waals surface area contributed by atoms with E-state index in [0.29, 0.717) is 6.10 Å². The third-order valence-corrected chi connectivity index (χ3v) is 3.82. The number of ether oxygens (including phenoxy) is 1. The first-order chi connectivity index (χ1) is 8.92. The summed E-state index contributed by atoms with van der Waals surface area (Å²) in [4.78, 5) is 2.45. The minimum Gasteiger partial charge on any atom is -1.00 e. The average Bonchev–Trinajstić information content (AvgIpc) is 3.04. The molecule has 1 atom stereocenters. The number of hydrogen-bond acceptors (Lipinski definition) is 5. The summed E-state index contributed by atoms with van der Waals surface area (Å²) in [5.74, 6) is 0.979. The molecule has 0 amide bonds. The molecule has 2 aliphatic rings. The largest absolute Gasteiger partial charge is 1.00 e. The number of hydrogen-bond donors (Lipinski definition) is 0. The number of likely N-dealkylation sites (tertiary alicyclic amines) is 1. The van der Waals surface area contributed by atoms with Crippen LogP contribution in [0.3, 0.4) is 0 Å². The number of nitrogens with zero attached hydrogens (tertiary/aromatic N) is 5. The molecule has 0 spiro atoms. The Bertz CT molecular complexity index is 374. The minimum absolute atomic E-state index is 0. The van der Waals surface area contributed by atoms with Gasteiger partial charge in [-0.15, -0.1) is 5.10 Å². The van der Waals surface area contributed by atoms with Crippen LogP contribution in [0.15, 0.2) is 0 Å². The molecule has 2 saturated heterocycles. The van der Waals surface area contributed by atoms with Crippen LogP contribution in [-0.2, 0) is 17.8 Å². The lowest BCUT2D eigenvalue weighted by Crippen LogP contribution is -3.00. The van der Waals surface area contributed by atoms with Crippen molar-refractivity contribution in [3.63, 3.8) is 0 Å². The quantitative estimate of drug-likeness (QED) is 0.631. The summed E-state index contributed by atoms with van der Waals surface area (Å²) in [6.07, 6.45) is 6.54. The van der Waals surface area contributed by atoms with Crippen molar-refractivity contribution >= 4 is 0 Å². The molecule has 0 saturated carbocycles. The van der Waals surface area contributed by atoms with E-state index in [1.807, 2.05) is 4.68 Å². The Morgan fingerprint density at radius 1 is 1.16 bits per heavy atom. The highest BCUT2D eigenvalue weighted by atomic mass is 35.5. The molecule has 2 aliphatic heterocycles. The molecule has 0 aromatic carbocycles. The van der Waals surface area contributed by atoms with Gasteiger partial charge in [0.15, 0.2) is 5.82 Å². The van der Waals surface area contributed by atoms with Crippen LogP contribution in [0.5, 0.6) is 0 Å². The fourth-order valence-electron chi connectivity index (χ4n) is 2.78. The third-order valence-electron chi connectivity index (χ3n) is 3.82. The Morgan fingerprint density at radius 2 is 2.00 bits per heavy atom. The predicted octanol–water partition coefficient (Wildman–Crippen LogP) is -2.16. The molecular formula is C12H21ClN5O-. The van der Waals surface area contributed by atoms with Crippen molar-refractivity contribution < 1.29 is 17.1 Å². The number of aromatic nitrogens is 4. The summed E-state index contributed by atoms with van der Waals surface area (Å²) in [5.41, 5.74) is 0. The molecule has 0 radical (unpaired) electrons.